The summed E-state index contributed by atoms with van der Waals surface area (Å²) in [5, 5.41) is 3.91. The Morgan fingerprint density at radius 1 is 1.06 bits per heavy atom. The van der Waals surface area contributed by atoms with Crippen molar-refractivity contribution >= 4 is 16.0 Å². The molecule has 34 heavy (non-hydrogen) atoms. The van der Waals surface area contributed by atoms with Gasteiger partial charge in [-0.3, -0.25) is 4.68 Å². The predicted molar refractivity (Wildman–Crippen MR) is 127 cm³/mol. The molecule has 176 valence electrons. The number of benzene rings is 2. The van der Waals surface area contributed by atoms with Crippen LogP contribution in [0.25, 0.3) is 11.3 Å². The van der Waals surface area contributed by atoms with E-state index in [1.165, 1.54) is 29.2 Å². The lowest BCUT2D eigenvalue weighted by atomic mass is 9.95. The van der Waals surface area contributed by atoms with Gasteiger partial charge in [-0.25, -0.2) is 22.5 Å². The van der Waals surface area contributed by atoms with Crippen LogP contribution >= 0.6 is 0 Å². The number of rotatable bonds is 7. The fourth-order valence-electron chi connectivity index (χ4n) is 3.48. The van der Waals surface area contributed by atoms with Crippen molar-refractivity contribution in [1.82, 2.24) is 19.7 Å². The minimum atomic E-state index is -4.02. The van der Waals surface area contributed by atoms with Gasteiger partial charge in [-0.1, -0.05) is 50.2 Å². The van der Waals surface area contributed by atoms with Crippen LogP contribution in [0.3, 0.4) is 0 Å². The van der Waals surface area contributed by atoms with Gasteiger partial charge in [0.1, 0.15) is 4.90 Å². The SMILES string of the molecule is Cc1ccccc1-c1nc(NS(=O)(=O)c2cnn(C)c2)nc(Oc2ccccc2F)c1C(C)C. The Hall–Kier alpha value is -3.79. The molecule has 0 saturated carbocycles. The molecule has 2 aromatic carbocycles. The second-order valence-electron chi connectivity index (χ2n) is 8.07. The van der Waals surface area contributed by atoms with Crippen molar-refractivity contribution in [1.29, 1.82) is 0 Å². The molecule has 1 N–H and O–H groups in total. The number of anilines is 1. The van der Waals surface area contributed by atoms with Crippen molar-refractivity contribution in [2.24, 2.45) is 7.05 Å². The van der Waals surface area contributed by atoms with Crippen LogP contribution in [0.5, 0.6) is 11.6 Å². The van der Waals surface area contributed by atoms with Crippen molar-refractivity contribution in [3.8, 4) is 22.9 Å². The molecular weight excluding hydrogens is 457 g/mol. The van der Waals surface area contributed by atoms with E-state index in [1.54, 1.807) is 19.2 Å². The van der Waals surface area contributed by atoms with E-state index in [9.17, 15) is 12.8 Å². The Morgan fingerprint density at radius 2 is 1.76 bits per heavy atom. The number of aryl methyl sites for hydroxylation is 2. The number of sulfonamides is 1. The van der Waals surface area contributed by atoms with Gasteiger partial charge in [0.2, 0.25) is 11.8 Å². The zero-order valence-electron chi connectivity index (χ0n) is 19.2. The van der Waals surface area contributed by atoms with E-state index in [0.29, 0.717) is 11.3 Å². The van der Waals surface area contributed by atoms with Crippen LogP contribution in [0.1, 0.15) is 30.9 Å². The monoisotopic (exact) mass is 481 g/mol. The molecule has 0 amide bonds. The average molecular weight is 482 g/mol. The standard InChI is InChI=1S/C24H24FN5O3S/c1-15(2)21-22(18-10-6-5-9-16(18)3)27-24(29-34(31,32)17-13-26-30(4)14-17)28-23(21)33-20-12-8-7-11-19(20)25/h5-15H,1-4H3,(H,27,28,29). The van der Waals surface area contributed by atoms with Gasteiger partial charge in [0.15, 0.2) is 11.6 Å². The van der Waals surface area contributed by atoms with E-state index in [-0.39, 0.29) is 28.4 Å². The maximum atomic E-state index is 14.4. The molecule has 0 saturated heterocycles. The molecule has 0 unspecified atom stereocenters. The second-order valence-corrected chi connectivity index (χ2v) is 9.75. The lowest BCUT2D eigenvalue weighted by Crippen LogP contribution is -2.16. The first kappa shape index (κ1) is 23.4. The Morgan fingerprint density at radius 3 is 2.41 bits per heavy atom. The lowest BCUT2D eigenvalue weighted by molar-refractivity contribution is 0.420. The number of para-hydroxylation sites is 1. The Labute approximate surface area is 197 Å². The third-order valence-electron chi connectivity index (χ3n) is 5.15. The number of nitrogens with one attached hydrogen (secondary N) is 1. The number of nitrogens with zero attached hydrogens (tertiary/aromatic N) is 4. The topological polar surface area (TPSA) is 99.0 Å². The summed E-state index contributed by atoms with van der Waals surface area (Å²) < 4.78 is 49.9. The highest BCUT2D eigenvalue weighted by Gasteiger charge is 2.25. The zero-order chi connectivity index (χ0) is 24.5. The van der Waals surface area contributed by atoms with Crippen molar-refractivity contribution in [2.75, 3.05) is 4.72 Å². The van der Waals surface area contributed by atoms with E-state index < -0.39 is 15.8 Å². The largest absolute Gasteiger partial charge is 0.435 e. The summed E-state index contributed by atoms with van der Waals surface area (Å²) in [6.07, 6.45) is 2.59. The summed E-state index contributed by atoms with van der Waals surface area (Å²) in [7, 11) is -2.41. The van der Waals surface area contributed by atoms with E-state index in [2.05, 4.69) is 19.8 Å². The summed E-state index contributed by atoms with van der Waals surface area (Å²) in [4.78, 5) is 8.87. The first-order chi connectivity index (χ1) is 16.2. The molecule has 0 bridgehead atoms. The predicted octanol–water partition coefficient (Wildman–Crippen LogP) is 5.04. The third-order valence-corrected chi connectivity index (χ3v) is 6.43. The lowest BCUT2D eigenvalue weighted by Gasteiger charge is -2.19. The van der Waals surface area contributed by atoms with Crippen LogP contribution in [0, 0.1) is 12.7 Å². The van der Waals surface area contributed by atoms with Crippen molar-refractivity contribution < 1.29 is 17.5 Å². The molecule has 10 heteroatoms. The van der Waals surface area contributed by atoms with Gasteiger partial charge in [-0.05, 0) is 30.5 Å². The summed E-state index contributed by atoms with van der Waals surface area (Å²) in [5.41, 5.74) is 2.84. The van der Waals surface area contributed by atoms with Crippen LogP contribution in [0.2, 0.25) is 0 Å². The minimum absolute atomic E-state index is 0.0279. The van der Waals surface area contributed by atoms with Crippen LogP contribution < -0.4 is 9.46 Å². The molecule has 2 aromatic heterocycles. The number of halogens is 1. The van der Waals surface area contributed by atoms with E-state index in [1.807, 2.05) is 45.0 Å². The highest BCUT2D eigenvalue weighted by Crippen LogP contribution is 2.38. The molecule has 0 spiro atoms. The molecule has 0 aliphatic carbocycles. The number of hydrogen-bond donors (Lipinski definition) is 1. The molecule has 0 aliphatic rings. The molecule has 0 atom stereocenters. The van der Waals surface area contributed by atoms with E-state index >= 15 is 0 Å². The van der Waals surface area contributed by atoms with Crippen LogP contribution in [0.15, 0.2) is 65.8 Å². The van der Waals surface area contributed by atoms with Gasteiger partial charge in [0, 0.05) is 24.4 Å². The molecule has 0 fully saturated rings. The molecule has 0 radical (unpaired) electrons. The maximum absolute atomic E-state index is 14.4. The fraction of sp³-hybridized carbons (Fsp3) is 0.208. The van der Waals surface area contributed by atoms with Gasteiger partial charge in [0.25, 0.3) is 10.0 Å². The molecule has 8 nitrogen and oxygen atoms in total. The molecule has 2 heterocycles. The summed E-state index contributed by atoms with van der Waals surface area (Å²) >= 11 is 0. The van der Waals surface area contributed by atoms with Gasteiger partial charge < -0.3 is 4.74 Å². The van der Waals surface area contributed by atoms with Crippen molar-refractivity contribution in [2.45, 2.75) is 31.6 Å². The first-order valence-electron chi connectivity index (χ1n) is 10.6. The van der Waals surface area contributed by atoms with Gasteiger partial charge in [-0.15, -0.1) is 0 Å². The second kappa shape index (κ2) is 9.22. The van der Waals surface area contributed by atoms with Crippen LogP contribution in [-0.2, 0) is 17.1 Å². The van der Waals surface area contributed by atoms with Gasteiger partial charge >= 0.3 is 0 Å². The van der Waals surface area contributed by atoms with Crippen LogP contribution in [0.4, 0.5) is 10.3 Å². The number of ether oxygens (including phenoxy) is 1. The quantitative estimate of drug-likeness (QED) is 0.397. The van der Waals surface area contributed by atoms with Crippen LogP contribution in [-0.4, -0.2) is 28.2 Å². The van der Waals surface area contributed by atoms with Crippen molar-refractivity contribution in [3.05, 3.63) is 77.9 Å². The molecular formula is C24H24FN5O3S. The highest BCUT2D eigenvalue weighted by atomic mass is 32.2. The van der Waals surface area contributed by atoms with Gasteiger partial charge in [0.05, 0.1) is 11.9 Å². The average Bonchev–Trinajstić information content (AvgIpc) is 3.22. The maximum Gasteiger partial charge on any atom is 0.267 e. The summed E-state index contributed by atoms with van der Waals surface area (Å²) in [6.45, 7) is 5.81. The van der Waals surface area contributed by atoms with E-state index in [4.69, 9.17) is 4.74 Å². The summed E-state index contributed by atoms with van der Waals surface area (Å²) in [5.74, 6) is -0.832. The fourth-order valence-corrected chi connectivity index (χ4v) is 4.41. The Balaban J connectivity index is 1.91. The summed E-state index contributed by atoms with van der Waals surface area (Å²) in [6, 6.07) is 13.5. The number of aromatic nitrogens is 4. The van der Waals surface area contributed by atoms with E-state index in [0.717, 1.165) is 11.1 Å². The zero-order valence-corrected chi connectivity index (χ0v) is 20.0. The normalized spacial score (nSPS) is 11.6. The highest BCUT2D eigenvalue weighted by molar-refractivity contribution is 7.92. The minimum Gasteiger partial charge on any atom is -0.435 e. The Bertz CT molecular complexity index is 1450. The Kier molecular flexibility index (Phi) is 6.34. The molecule has 4 aromatic rings. The van der Waals surface area contributed by atoms with Crippen molar-refractivity contribution in [3.63, 3.8) is 0 Å². The molecule has 4 rings (SSSR count). The molecule has 0 aliphatic heterocycles. The van der Waals surface area contributed by atoms with Gasteiger partial charge in [-0.2, -0.15) is 10.1 Å². The third kappa shape index (κ3) is 4.76. The number of hydrogen-bond acceptors (Lipinski definition) is 6. The smallest absolute Gasteiger partial charge is 0.267 e. The first-order valence-corrected chi connectivity index (χ1v) is 12.1.